The Morgan fingerprint density at radius 1 is 0.355 bits per heavy atom. The van der Waals surface area contributed by atoms with Crippen LogP contribution in [0.25, 0.3) is 77.6 Å². The van der Waals surface area contributed by atoms with E-state index in [4.69, 9.17) is 4.42 Å². The molecule has 0 aliphatic heterocycles. The van der Waals surface area contributed by atoms with Gasteiger partial charge in [0.05, 0.1) is 11.4 Å². The first-order chi connectivity index (χ1) is 30.3. The summed E-state index contributed by atoms with van der Waals surface area (Å²) in [6, 6.07) is 73.6. The molecule has 296 valence electrons. The Labute approximate surface area is 363 Å². The van der Waals surface area contributed by atoms with Gasteiger partial charge in [0.2, 0.25) is 0 Å². The first-order valence-corrected chi connectivity index (χ1v) is 21.8. The Hall–Kier alpha value is -7.42. The first-order valence-electron chi connectivity index (χ1n) is 21.8. The molecule has 2 heteroatoms. The highest BCUT2D eigenvalue weighted by Crippen LogP contribution is 2.55. The maximum absolute atomic E-state index is 6.72. The third-order valence-electron chi connectivity index (χ3n) is 13.9. The second kappa shape index (κ2) is 13.5. The number of nitrogens with zero attached hydrogens (tertiary/aromatic N) is 1. The second-order valence-electron chi connectivity index (χ2n) is 18.0. The molecule has 10 aromatic rings. The molecule has 1 aromatic heterocycles. The lowest BCUT2D eigenvalue weighted by atomic mass is 9.81. The molecule has 0 amide bonds. The van der Waals surface area contributed by atoms with Crippen molar-refractivity contribution in [2.45, 2.75) is 38.5 Å². The summed E-state index contributed by atoms with van der Waals surface area (Å²) in [6.45, 7) is 9.43. The molecule has 1 heterocycles. The maximum Gasteiger partial charge on any atom is 0.143 e. The lowest BCUT2D eigenvalue weighted by molar-refractivity contribution is 0.660. The van der Waals surface area contributed by atoms with Crippen LogP contribution in [0.15, 0.2) is 205 Å². The molecule has 0 atom stereocenters. The molecule has 62 heavy (non-hydrogen) atoms. The van der Waals surface area contributed by atoms with E-state index in [2.05, 4.69) is 227 Å². The van der Waals surface area contributed by atoms with Gasteiger partial charge < -0.3 is 9.32 Å². The Bertz CT molecular complexity index is 3430. The minimum absolute atomic E-state index is 0.0930. The minimum Gasteiger partial charge on any atom is -0.455 e. The number of hydrogen-bond acceptors (Lipinski definition) is 2. The van der Waals surface area contributed by atoms with Crippen LogP contribution in [0.1, 0.15) is 49.9 Å². The van der Waals surface area contributed by atoms with Gasteiger partial charge >= 0.3 is 0 Å². The minimum atomic E-state index is -0.117. The van der Waals surface area contributed by atoms with E-state index < -0.39 is 0 Å². The molecule has 0 N–H and O–H groups in total. The molecule has 9 aromatic carbocycles. The number of fused-ring (bicyclic) bond motifs is 9. The molecule has 0 saturated heterocycles. The van der Waals surface area contributed by atoms with Gasteiger partial charge in [-0.05, 0) is 97.6 Å². The van der Waals surface area contributed by atoms with Crippen LogP contribution in [0.3, 0.4) is 0 Å². The highest BCUT2D eigenvalue weighted by atomic mass is 16.3. The molecular weight excluding hydrogens is 751 g/mol. The lowest BCUT2D eigenvalue weighted by Crippen LogP contribution is -2.15. The van der Waals surface area contributed by atoms with Crippen LogP contribution < -0.4 is 4.90 Å². The van der Waals surface area contributed by atoms with Gasteiger partial charge in [-0.3, -0.25) is 0 Å². The van der Waals surface area contributed by atoms with Gasteiger partial charge in [-0.2, -0.15) is 0 Å². The first kappa shape index (κ1) is 36.4. The Balaban J connectivity index is 1.09. The largest absolute Gasteiger partial charge is 0.455 e. The topological polar surface area (TPSA) is 16.4 Å². The number of hydrogen-bond donors (Lipinski definition) is 0. The molecule has 12 rings (SSSR count). The SMILES string of the molecule is CC1(C)c2ccccc2-c2ccc(-c3cccc(N(c4ccccc4-c4cccc5c4-c4ccccc4C5(C)C)c4ccccc4-c4cccc5c4oc4ccccc45)c3)cc21. The van der Waals surface area contributed by atoms with E-state index in [-0.39, 0.29) is 10.8 Å². The van der Waals surface area contributed by atoms with Gasteiger partial charge in [-0.1, -0.05) is 191 Å². The van der Waals surface area contributed by atoms with Crippen molar-refractivity contribution in [3.05, 3.63) is 222 Å². The zero-order valence-corrected chi connectivity index (χ0v) is 35.4. The van der Waals surface area contributed by atoms with E-state index >= 15 is 0 Å². The fourth-order valence-electron chi connectivity index (χ4n) is 10.8. The quantitative estimate of drug-likeness (QED) is 0.167. The van der Waals surface area contributed by atoms with E-state index in [0.29, 0.717) is 0 Å². The maximum atomic E-state index is 6.72. The van der Waals surface area contributed by atoms with Crippen LogP contribution in [-0.2, 0) is 10.8 Å². The summed E-state index contributed by atoms with van der Waals surface area (Å²) in [6.07, 6.45) is 0. The molecule has 0 saturated carbocycles. The molecule has 0 spiro atoms. The second-order valence-corrected chi connectivity index (χ2v) is 18.0. The zero-order chi connectivity index (χ0) is 41.7. The Kier molecular flexibility index (Phi) is 7.96. The van der Waals surface area contributed by atoms with E-state index in [1.165, 1.54) is 66.8 Å². The van der Waals surface area contributed by atoms with Gasteiger partial charge in [-0.25, -0.2) is 0 Å². The predicted molar refractivity (Wildman–Crippen MR) is 260 cm³/mol. The van der Waals surface area contributed by atoms with Crippen molar-refractivity contribution in [1.82, 2.24) is 0 Å². The lowest BCUT2D eigenvalue weighted by Gasteiger charge is -2.31. The van der Waals surface area contributed by atoms with Crippen LogP contribution in [0.2, 0.25) is 0 Å². The number of benzene rings is 9. The van der Waals surface area contributed by atoms with Gasteiger partial charge in [0.15, 0.2) is 0 Å². The number of para-hydroxylation sites is 4. The van der Waals surface area contributed by atoms with Crippen LogP contribution in [-0.4, -0.2) is 0 Å². The van der Waals surface area contributed by atoms with Gasteiger partial charge in [0, 0.05) is 44.0 Å². The van der Waals surface area contributed by atoms with Crippen LogP contribution >= 0.6 is 0 Å². The summed E-state index contributed by atoms with van der Waals surface area (Å²) in [5, 5.41) is 2.24. The molecular formula is C60H45NO. The van der Waals surface area contributed by atoms with Crippen molar-refractivity contribution in [2.24, 2.45) is 0 Å². The molecule has 0 fully saturated rings. The van der Waals surface area contributed by atoms with E-state index in [9.17, 15) is 0 Å². The fourth-order valence-corrected chi connectivity index (χ4v) is 10.8. The molecule has 2 aliphatic rings. The van der Waals surface area contributed by atoms with E-state index in [0.717, 1.165) is 50.1 Å². The van der Waals surface area contributed by atoms with E-state index in [1.54, 1.807) is 0 Å². The summed E-state index contributed by atoms with van der Waals surface area (Å²) in [5.74, 6) is 0. The highest BCUT2D eigenvalue weighted by molar-refractivity contribution is 6.11. The summed E-state index contributed by atoms with van der Waals surface area (Å²) >= 11 is 0. The predicted octanol–water partition coefficient (Wildman–Crippen LogP) is 16.7. The fraction of sp³-hybridized carbons (Fsp3) is 0.100. The zero-order valence-electron chi connectivity index (χ0n) is 35.4. The summed E-state index contributed by atoms with van der Waals surface area (Å²) in [5.41, 5.74) is 22.6. The highest BCUT2D eigenvalue weighted by Gasteiger charge is 2.38. The Morgan fingerprint density at radius 2 is 0.871 bits per heavy atom. The van der Waals surface area contributed by atoms with Crippen molar-refractivity contribution in [3.8, 4) is 55.6 Å². The van der Waals surface area contributed by atoms with Gasteiger partial charge in [-0.15, -0.1) is 0 Å². The van der Waals surface area contributed by atoms with Crippen LogP contribution in [0.5, 0.6) is 0 Å². The van der Waals surface area contributed by atoms with Crippen molar-refractivity contribution in [2.75, 3.05) is 4.90 Å². The summed E-state index contributed by atoms with van der Waals surface area (Å²) < 4.78 is 6.72. The third-order valence-corrected chi connectivity index (χ3v) is 13.9. The van der Waals surface area contributed by atoms with Crippen LogP contribution in [0, 0.1) is 0 Å². The summed E-state index contributed by atoms with van der Waals surface area (Å²) in [7, 11) is 0. The number of rotatable bonds is 6. The average Bonchev–Trinajstić information content (AvgIpc) is 3.89. The van der Waals surface area contributed by atoms with Crippen molar-refractivity contribution < 1.29 is 4.42 Å². The van der Waals surface area contributed by atoms with Crippen molar-refractivity contribution in [3.63, 3.8) is 0 Å². The number of anilines is 3. The summed E-state index contributed by atoms with van der Waals surface area (Å²) in [4.78, 5) is 2.48. The van der Waals surface area contributed by atoms with Crippen molar-refractivity contribution in [1.29, 1.82) is 0 Å². The van der Waals surface area contributed by atoms with Crippen LogP contribution in [0.4, 0.5) is 17.1 Å². The third kappa shape index (κ3) is 5.29. The Morgan fingerprint density at radius 3 is 1.66 bits per heavy atom. The molecule has 2 nitrogen and oxygen atoms in total. The standard InChI is InChI=1S/C60H45NO/c1-59(2)51-29-11-6-24-49(51)57-46(25-17-30-52(57)59)43-21-7-12-31-54(43)61(55-32-13-8-22-44(55)47-26-16-27-48-45-23-9-14-33-56(45)62-58(47)48)40-19-15-18-38(36-40)39-34-35-42-41-20-5-10-28-50(41)60(3,4)53(42)37-39/h5-37H,1-4H3. The molecule has 0 radical (unpaired) electrons. The number of furan rings is 1. The van der Waals surface area contributed by atoms with E-state index in [1.807, 2.05) is 6.07 Å². The molecule has 0 bridgehead atoms. The molecule has 2 aliphatic carbocycles. The molecule has 0 unspecified atom stereocenters. The normalized spacial score (nSPS) is 14.1. The monoisotopic (exact) mass is 795 g/mol. The van der Waals surface area contributed by atoms with Crippen molar-refractivity contribution >= 4 is 39.0 Å². The van der Waals surface area contributed by atoms with Gasteiger partial charge in [0.25, 0.3) is 0 Å². The average molecular weight is 796 g/mol. The van der Waals surface area contributed by atoms with Gasteiger partial charge in [0.1, 0.15) is 11.2 Å². The smallest absolute Gasteiger partial charge is 0.143 e.